The average molecular weight is 490 g/mol. The van der Waals surface area contributed by atoms with Crippen molar-refractivity contribution in [3.05, 3.63) is 65.2 Å². The third kappa shape index (κ3) is 5.63. The van der Waals surface area contributed by atoms with E-state index in [0.717, 1.165) is 47.7 Å². The molecule has 0 bridgehead atoms. The van der Waals surface area contributed by atoms with Gasteiger partial charge in [-0.3, -0.25) is 0 Å². The van der Waals surface area contributed by atoms with Crippen molar-refractivity contribution in [1.29, 1.82) is 0 Å². The molecule has 1 saturated heterocycles. The quantitative estimate of drug-likeness (QED) is 0.295. The lowest BCUT2D eigenvalue weighted by Gasteiger charge is -2.14. The van der Waals surface area contributed by atoms with Gasteiger partial charge >= 0.3 is 0 Å². The molecule has 0 aliphatic carbocycles. The Kier molecular flexibility index (Phi) is 6.97. The number of ether oxygens (including phenoxy) is 1. The van der Waals surface area contributed by atoms with Gasteiger partial charge in [-0.2, -0.15) is 0 Å². The zero-order valence-electron chi connectivity index (χ0n) is 19.7. The van der Waals surface area contributed by atoms with E-state index in [1.54, 1.807) is 18.2 Å². The summed E-state index contributed by atoms with van der Waals surface area (Å²) in [6.45, 7) is 6.22. The lowest BCUT2D eigenvalue weighted by molar-refractivity contribution is 0.263. The molecule has 1 aromatic heterocycles. The third-order valence-electron chi connectivity index (χ3n) is 6.22. The summed E-state index contributed by atoms with van der Waals surface area (Å²) in [4.78, 5) is 7.15. The maximum absolute atomic E-state index is 10.3. The molecular weight excluding hydrogens is 462 g/mol. The van der Waals surface area contributed by atoms with Crippen LogP contribution < -0.4 is 10.1 Å². The molecule has 0 unspecified atom stereocenters. The highest BCUT2D eigenvalue weighted by molar-refractivity contribution is 6.31. The molecule has 1 fully saturated rings. The van der Waals surface area contributed by atoms with Gasteiger partial charge in [-0.15, -0.1) is 10.2 Å². The zero-order chi connectivity index (χ0) is 24.2. The van der Waals surface area contributed by atoms with Crippen LogP contribution in [0.1, 0.15) is 24.8 Å². The number of likely N-dealkylation sites (tertiary alicyclic amines) is 1. The van der Waals surface area contributed by atoms with Crippen LogP contribution in [-0.4, -0.2) is 51.4 Å². The standard InChI is InChI=1S/C27H28ClN5O2/c1-18-15-19(23-17-20(28)5-10-25(23)34)16-24-26(18)30-27(32-31-24)29-21-6-8-22(9-7-21)35-14-4-13-33-11-2-3-12-33/h5-10,15-17,34H,2-4,11-14H2,1H3,(H,29,30,32). The van der Waals surface area contributed by atoms with Crippen LogP contribution in [0.4, 0.5) is 11.6 Å². The maximum Gasteiger partial charge on any atom is 0.247 e. The van der Waals surface area contributed by atoms with Gasteiger partial charge in [0.25, 0.3) is 0 Å². The molecule has 1 aliphatic rings. The van der Waals surface area contributed by atoms with E-state index in [1.807, 2.05) is 43.3 Å². The highest BCUT2D eigenvalue weighted by Crippen LogP contribution is 2.34. The summed E-state index contributed by atoms with van der Waals surface area (Å²) in [7, 11) is 0. The predicted molar refractivity (Wildman–Crippen MR) is 140 cm³/mol. The number of rotatable bonds is 8. The van der Waals surface area contributed by atoms with E-state index >= 15 is 0 Å². The first kappa shape index (κ1) is 23.3. The molecule has 7 nitrogen and oxygen atoms in total. The second-order valence-corrected chi connectivity index (χ2v) is 9.29. The van der Waals surface area contributed by atoms with Crippen molar-refractivity contribution in [1.82, 2.24) is 20.1 Å². The lowest BCUT2D eigenvalue weighted by atomic mass is 10.0. The number of anilines is 2. The largest absolute Gasteiger partial charge is 0.507 e. The van der Waals surface area contributed by atoms with Crippen molar-refractivity contribution in [3.63, 3.8) is 0 Å². The van der Waals surface area contributed by atoms with Crippen molar-refractivity contribution in [2.45, 2.75) is 26.2 Å². The Morgan fingerprint density at radius 3 is 2.63 bits per heavy atom. The van der Waals surface area contributed by atoms with Gasteiger partial charge in [0.2, 0.25) is 5.95 Å². The number of hydrogen-bond donors (Lipinski definition) is 2. The Hall–Kier alpha value is -3.42. The monoisotopic (exact) mass is 489 g/mol. The molecule has 0 spiro atoms. The van der Waals surface area contributed by atoms with Crippen LogP contribution in [0.15, 0.2) is 54.6 Å². The minimum absolute atomic E-state index is 0.159. The first-order chi connectivity index (χ1) is 17.0. The lowest BCUT2D eigenvalue weighted by Crippen LogP contribution is -2.21. The number of phenolic OH excluding ortho intramolecular Hbond substituents is 1. The Balaban J connectivity index is 1.24. The highest BCUT2D eigenvalue weighted by Gasteiger charge is 2.12. The minimum atomic E-state index is 0.159. The number of aromatic nitrogens is 3. The second kappa shape index (κ2) is 10.5. The molecule has 1 aliphatic heterocycles. The van der Waals surface area contributed by atoms with Gasteiger partial charge in [0.05, 0.1) is 12.1 Å². The molecule has 180 valence electrons. The van der Waals surface area contributed by atoms with E-state index in [0.29, 0.717) is 22.1 Å². The predicted octanol–water partition coefficient (Wildman–Crippen LogP) is 5.97. The van der Waals surface area contributed by atoms with E-state index in [-0.39, 0.29) is 5.75 Å². The third-order valence-corrected chi connectivity index (χ3v) is 6.45. The number of aryl methyl sites for hydroxylation is 1. The van der Waals surface area contributed by atoms with E-state index in [9.17, 15) is 5.11 Å². The van der Waals surface area contributed by atoms with Gasteiger partial charge in [0.15, 0.2) is 0 Å². The summed E-state index contributed by atoms with van der Waals surface area (Å²) < 4.78 is 5.88. The summed E-state index contributed by atoms with van der Waals surface area (Å²) in [6, 6.07) is 16.6. The molecule has 35 heavy (non-hydrogen) atoms. The topological polar surface area (TPSA) is 83.4 Å². The van der Waals surface area contributed by atoms with Crippen LogP contribution >= 0.6 is 11.6 Å². The van der Waals surface area contributed by atoms with Crippen LogP contribution in [0.3, 0.4) is 0 Å². The minimum Gasteiger partial charge on any atom is -0.507 e. The van der Waals surface area contributed by atoms with Gasteiger partial charge in [-0.25, -0.2) is 4.98 Å². The van der Waals surface area contributed by atoms with Gasteiger partial charge in [-0.1, -0.05) is 11.6 Å². The normalized spacial score (nSPS) is 13.9. The summed E-state index contributed by atoms with van der Waals surface area (Å²) in [5.74, 6) is 1.42. The fourth-order valence-corrected chi connectivity index (χ4v) is 4.58. The van der Waals surface area contributed by atoms with Crippen molar-refractivity contribution in [2.75, 3.05) is 31.6 Å². The smallest absolute Gasteiger partial charge is 0.247 e. The summed E-state index contributed by atoms with van der Waals surface area (Å²) in [5, 5.41) is 22.6. The van der Waals surface area contributed by atoms with Crippen molar-refractivity contribution < 1.29 is 9.84 Å². The number of nitrogens with zero attached hydrogens (tertiary/aromatic N) is 4. The van der Waals surface area contributed by atoms with Crippen molar-refractivity contribution in [3.8, 4) is 22.6 Å². The van der Waals surface area contributed by atoms with Gasteiger partial charge < -0.3 is 20.1 Å². The molecule has 2 N–H and O–H groups in total. The summed E-state index contributed by atoms with van der Waals surface area (Å²) >= 11 is 6.12. The fourth-order valence-electron chi connectivity index (χ4n) is 4.41. The Morgan fingerprint density at radius 1 is 1.03 bits per heavy atom. The van der Waals surface area contributed by atoms with Crippen LogP contribution in [0.25, 0.3) is 22.2 Å². The van der Waals surface area contributed by atoms with Gasteiger partial charge in [0.1, 0.15) is 17.0 Å². The number of aromatic hydroxyl groups is 1. The number of fused-ring (bicyclic) bond motifs is 1. The Morgan fingerprint density at radius 2 is 1.83 bits per heavy atom. The number of halogens is 1. The molecule has 2 heterocycles. The number of benzene rings is 3. The number of nitrogens with one attached hydrogen (secondary N) is 1. The summed E-state index contributed by atoms with van der Waals surface area (Å²) in [5.41, 5.74) is 4.61. The van der Waals surface area contributed by atoms with Crippen molar-refractivity contribution >= 4 is 34.3 Å². The maximum atomic E-state index is 10.3. The Labute approximate surface area is 209 Å². The molecule has 3 aromatic carbocycles. The first-order valence-corrected chi connectivity index (χ1v) is 12.3. The van der Waals surface area contributed by atoms with E-state index in [4.69, 9.17) is 16.3 Å². The van der Waals surface area contributed by atoms with Gasteiger partial charge in [-0.05, 0) is 105 Å². The molecule has 0 radical (unpaired) electrons. The van der Waals surface area contributed by atoms with Gasteiger partial charge in [0, 0.05) is 22.8 Å². The highest BCUT2D eigenvalue weighted by atomic mass is 35.5. The van der Waals surface area contributed by atoms with Crippen LogP contribution in [-0.2, 0) is 0 Å². The number of hydrogen-bond acceptors (Lipinski definition) is 7. The zero-order valence-corrected chi connectivity index (χ0v) is 20.4. The molecule has 0 saturated carbocycles. The Bertz CT molecular complexity index is 1320. The number of phenols is 1. The molecule has 8 heteroatoms. The van der Waals surface area contributed by atoms with E-state index in [1.165, 1.54) is 25.9 Å². The SMILES string of the molecule is Cc1cc(-c2cc(Cl)ccc2O)cc2nnc(Nc3ccc(OCCCN4CCCC4)cc3)nc12. The van der Waals surface area contributed by atoms with Crippen LogP contribution in [0.5, 0.6) is 11.5 Å². The molecule has 4 aromatic rings. The van der Waals surface area contributed by atoms with Crippen LogP contribution in [0, 0.1) is 6.92 Å². The molecular formula is C27H28ClN5O2. The second-order valence-electron chi connectivity index (χ2n) is 8.86. The fraction of sp³-hybridized carbons (Fsp3) is 0.296. The first-order valence-electron chi connectivity index (χ1n) is 11.9. The average Bonchev–Trinajstić information content (AvgIpc) is 3.38. The van der Waals surface area contributed by atoms with E-state index < -0.39 is 0 Å². The summed E-state index contributed by atoms with van der Waals surface area (Å²) in [6.07, 6.45) is 3.68. The molecule has 0 amide bonds. The van der Waals surface area contributed by atoms with Crippen molar-refractivity contribution in [2.24, 2.45) is 0 Å². The van der Waals surface area contributed by atoms with Crippen LogP contribution in [0.2, 0.25) is 5.02 Å². The van der Waals surface area contributed by atoms with E-state index in [2.05, 4.69) is 25.4 Å². The molecule has 0 atom stereocenters. The molecule has 5 rings (SSSR count).